The lowest BCUT2D eigenvalue weighted by molar-refractivity contribution is -0.388. The average molecular weight is 427 g/mol. The Morgan fingerprint density at radius 3 is 2.28 bits per heavy atom. The summed E-state index contributed by atoms with van der Waals surface area (Å²) in [5.41, 5.74) is -0.562. The van der Waals surface area contributed by atoms with E-state index >= 15 is 0 Å². The van der Waals surface area contributed by atoms with Gasteiger partial charge >= 0.3 is 5.97 Å². The lowest BCUT2D eigenvalue weighted by Crippen LogP contribution is -2.49. The third kappa shape index (κ3) is 4.00. The van der Waals surface area contributed by atoms with Gasteiger partial charge in [0, 0.05) is 31.6 Å². The summed E-state index contributed by atoms with van der Waals surface area (Å²) >= 11 is 0. The van der Waals surface area contributed by atoms with E-state index in [0.717, 1.165) is 12.1 Å². The first-order valence-electron chi connectivity index (χ1n) is 9.36. The largest absolute Gasteiger partial charge is 0.486 e. The van der Waals surface area contributed by atoms with E-state index < -0.39 is 25.5 Å². The van der Waals surface area contributed by atoms with E-state index in [9.17, 15) is 23.3 Å². The number of ether oxygens (including phenoxy) is 3. The van der Waals surface area contributed by atoms with Crippen LogP contribution < -0.4 is 14.2 Å². The molecule has 0 radical (unpaired) electrons. The fourth-order valence-corrected chi connectivity index (χ4v) is 5.32. The van der Waals surface area contributed by atoms with Crippen molar-refractivity contribution in [3.05, 3.63) is 22.2 Å². The quantitative estimate of drug-likeness (QED) is 0.403. The molecule has 0 unspecified atom stereocenters. The first-order chi connectivity index (χ1) is 13.8. The summed E-state index contributed by atoms with van der Waals surface area (Å²) in [6.45, 7) is 1.96. The van der Waals surface area contributed by atoms with Crippen LogP contribution in [0.4, 0.5) is 5.69 Å². The van der Waals surface area contributed by atoms with Crippen LogP contribution in [0.5, 0.6) is 11.5 Å². The molecule has 11 nitrogen and oxygen atoms in total. The van der Waals surface area contributed by atoms with Crippen LogP contribution in [0, 0.1) is 10.1 Å². The molecule has 1 N–H and O–H groups in total. The number of esters is 1. The van der Waals surface area contributed by atoms with Crippen molar-refractivity contribution >= 4 is 21.7 Å². The third-order valence-electron chi connectivity index (χ3n) is 5.31. The lowest BCUT2D eigenvalue weighted by atomic mass is 10.0. The topological polar surface area (TPSA) is 137 Å². The Hall–Kier alpha value is -2.44. The minimum atomic E-state index is -4.15. The molecule has 3 aliphatic rings. The minimum absolute atomic E-state index is 0.152. The van der Waals surface area contributed by atoms with Gasteiger partial charge in [0.25, 0.3) is 5.69 Å². The number of nitrogens with zero attached hydrogens (tertiary/aromatic N) is 2. The summed E-state index contributed by atoms with van der Waals surface area (Å²) in [5, 5.41) is 11.4. The molecule has 2 saturated heterocycles. The number of hydrogen-bond donors (Lipinski definition) is 1. The molecule has 158 valence electrons. The molecule has 12 heteroatoms. The van der Waals surface area contributed by atoms with Crippen LogP contribution in [0.15, 0.2) is 17.0 Å². The maximum absolute atomic E-state index is 12.9. The zero-order chi connectivity index (χ0) is 20.6. The monoisotopic (exact) mass is 427 g/mol. The zero-order valence-corrected chi connectivity index (χ0v) is 16.4. The van der Waals surface area contributed by atoms with Gasteiger partial charge in [-0.05, 0) is 12.8 Å². The number of nitro benzene ring substituents is 1. The summed E-state index contributed by atoms with van der Waals surface area (Å²) in [6.07, 6.45) is 1.61. The van der Waals surface area contributed by atoms with E-state index in [-0.39, 0.29) is 42.8 Å². The minimum Gasteiger partial charge on any atom is -0.486 e. The zero-order valence-electron chi connectivity index (χ0n) is 15.5. The molecule has 1 atom stereocenters. The normalized spacial score (nSPS) is 23.0. The molecule has 3 heterocycles. The van der Waals surface area contributed by atoms with Gasteiger partial charge in [-0.25, -0.2) is 13.1 Å². The number of nitrogens with one attached hydrogen (secondary N) is 1. The fraction of sp³-hybridized carbons (Fsp3) is 0.588. The van der Waals surface area contributed by atoms with Gasteiger partial charge in [-0.1, -0.05) is 0 Å². The molecule has 0 bridgehead atoms. The molecule has 4 rings (SSSR count). The van der Waals surface area contributed by atoms with Crippen LogP contribution >= 0.6 is 0 Å². The number of piperidine rings is 1. The number of benzene rings is 1. The molecule has 2 fully saturated rings. The Morgan fingerprint density at radius 1 is 1.03 bits per heavy atom. The lowest BCUT2D eigenvalue weighted by Gasteiger charge is -2.34. The predicted octanol–water partition coefficient (Wildman–Crippen LogP) is 0.424. The number of carbonyl (C=O) groups is 1. The standard InChI is InChI=1S/C17H21N3O8S/c21-17-12(3-6-28-17)19-4-1-11(2-5-19)18-29(24,25)16-10-15-14(26-7-8-27-15)9-13(16)20(22)23/h9-12,18H,1-8H2/t12-/m0/s1. The maximum atomic E-state index is 12.9. The molecule has 3 aliphatic heterocycles. The van der Waals surface area contributed by atoms with E-state index in [1.165, 1.54) is 0 Å². The second-order valence-electron chi connectivity index (χ2n) is 7.12. The molecular formula is C17H21N3O8S. The Bertz CT molecular complexity index is 927. The number of nitro groups is 1. The highest BCUT2D eigenvalue weighted by Crippen LogP contribution is 2.38. The Kier molecular flexibility index (Phi) is 5.32. The Balaban J connectivity index is 1.49. The summed E-state index contributed by atoms with van der Waals surface area (Å²) in [6, 6.07) is 1.56. The molecule has 0 spiro atoms. The molecule has 0 aliphatic carbocycles. The van der Waals surface area contributed by atoms with Gasteiger partial charge in [0.15, 0.2) is 16.4 Å². The number of rotatable bonds is 5. The Labute approximate surface area is 167 Å². The third-order valence-corrected chi connectivity index (χ3v) is 6.86. The highest BCUT2D eigenvalue weighted by molar-refractivity contribution is 7.89. The number of hydrogen-bond acceptors (Lipinski definition) is 9. The predicted molar refractivity (Wildman–Crippen MR) is 98.4 cm³/mol. The van der Waals surface area contributed by atoms with Crippen molar-refractivity contribution in [2.45, 2.75) is 36.2 Å². The van der Waals surface area contributed by atoms with E-state index in [1.807, 2.05) is 4.90 Å². The van der Waals surface area contributed by atoms with Gasteiger partial charge < -0.3 is 14.2 Å². The molecule has 1 aromatic rings. The second kappa shape index (κ2) is 7.76. The smallest absolute Gasteiger partial charge is 0.323 e. The molecular weight excluding hydrogens is 406 g/mol. The number of likely N-dealkylation sites (tertiary alicyclic amines) is 1. The van der Waals surface area contributed by atoms with Crippen LogP contribution in [-0.2, 0) is 19.6 Å². The van der Waals surface area contributed by atoms with Crippen molar-refractivity contribution in [1.29, 1.82) is 0 Å². The second-order valence-corrected chi connectivity index (χ2v) is 8.81. The van der Waals surface area contributed by atoms with Crippen LogP contribution in [-0.4, -0.2) is 69.2 Å². The van der Waals surface area contributed by atoms with Gasteiger partial charge in [0.05, 0.1) is 17.6 Å². The number of sulfonamides is 1. The number of cyclic esters (lactones) is 1. The molecule has 0 aromatic heterocycles. The van der Waals surface area contributed by atoms with Crippen molar-refractivity contribution in [3.8, 4) is 11.5 Å². The summed E-state index contributed by atoms with van der Waals surface area (Å²) < 4.78 is 44.0. The average Bonchev–Trinajstić information content (AvgIpc) is 3.13. The first kappa shape index (κ1) is 19.9. The van der Waals surface area contributed by atoms with Crippen molar-refractivity contribution in [3.63, 3.8) is 0 Å². The van der Waals surface area contributed by atoms with E-state index in [1.54, 1.807) is 0 Å². The van der Waals surface area contributed by atoms with Crippen molar-refractivity contribution in [2.24, 2.45) is 0 Å². The summed E-state index contributed by atoms with van der Waals surface area (Å²) in [4.78, 5) is 24.0. The fourth-order valence-electron chi connectivity index (χ4n) is 3.85. The molecule has 1 aromatic carbocycles. The molecule has 0 saturated carbocycles. The summed E-state index contributed by atoms with van der Waals surface area (Å²) in [7, 11) is -4.15. The van der Waals surface area contributed by atoms with Gasteiger partial charge in [-0.2, -0.15) is 0 Å². The maximum Gasteiger partial charge on any atom is 0.323 e. The number of carbonyl (C=O) groups excluding carboxylic acids is 1. The van der Waals surface area contributed by atoms with E-state index in [2.05, 4.69) is 4.72 Å². The van der Waals surface area contributed by atoms with Crippen molar-refractivity contribution < 1.29 is 32.3 Å². The van der Waals surface area contributed by atoms with E-state index in [4.69, 9.17) is 14.2 Å². The van der Waals surface area contributed by atoms with Gasteiger partial charge in [-0.3, -0.25) is 19.8 Å². The van der Waals surface area contributed by atoms with Gasteiger partial charge in [0.2, 0.25) is 10.0 Å². The number of fused-ring (bicyclic) bond motifs is 1. The van der Waals surface area contributed by atoms with E-state index in [0.29, 0.717) is 39.0 Å². The summed E-state index contributed by atoms with van der Waals surface area (Å²) in [5.74, 6) is 0.0754. The highest BCUT2D eigenvalue weighted by atomic mass is 32.2. The first-order valence-corrected chi connectivity index (χ1v) is 10.8. The van der Waals surface area contributed by atoms with Gasteiger partial charge in [-0.15, -0.1) is 0 Å². The Morgan fingerprint density at radius 2 is 1.69 bits per heavy atom. The van der Waals surface area contributed by atoms with Crippen LogP contribution in [0.1, 0.15) is 19.3 Å². The van der Waals surface area contributed by atoms with Crippen LogP contribution in [0.25, 0.3) is 0 Å². The highest BCUT2D eigenvalue weighted by Gasteiger charge is 2.37. The van der Waals surface area contributed by atoms with Crippen LogP contribution in [0.2, 0.25) is 0 Å². The SMILES string of the molecule is O=C1OCC[C@@H]1N1CCC(NS(=O)(=O)c2cc3c(cc2[N+](=O)[O-])OCCO3)CC1. The molecule has 29 heavy (non-hydrogen) atoms. The molecule has 0 amide bonds. The van der Waals surface area contributed by atoms with Crippen molar-refractivity contribution in [1.82, 2.24) is 9.62 Å². The van der Waals surface area contributed by atoms with Gasteiger partial charge in [0.1, 0.15) is 19.3 Å². The van der Waals surface area contributed by atoms with Crippen molar-refractivity contribution in [2.75, 3.05) is 32.9 Å². The van der Waals surface area contributed by atoms with Crippen LogP contribution in [0.3, 0.4) is 0 Å².